The van der Waals surface area contributed by atoms with Crippen LogP contribution in [0.2, 0.25) is 0 Å². The van der Waals surface area contributed by atoms with Gasteiger partial charge in [-0.2, -0.15) is 0 Å². The highest BCUT2D eigenvalue weighted by atomic mass is 35.5. The van der Waals surface area contributed by atoms with E-state index in [9.17, 15) is 9.59 Å². The van der Waals surface area contributed by atoms with Gasteiger partial charge in [-0.15, -0.1) is 11.6 Å². The molecule has 0 aromatic rings. The summed E-state index contributed by atoms with van der Waals surface area (Å²) >= 11 is 5.84. The minimum atomic E-state index is -0.662. The van der Waals surface area contributed by atoms with Gasteiger partial charge in [0, 0.05) is 5.92 Å². The van der Waals surface area contributed by atoms with Crippen molar-refractivity contribution >= 4 is 23.2 Å². The molecular weight excluding hydrogens is 176 g/mol. The van der Waals surface area contributed by atoms with Crippen LogP contribution in [0.1, 0.15) is 33.1 Å². The Morgan fingerprint density at radius 1 is 1.42 bits per heavy atom. The van der Waals surface area contributed by atoms with Gasteiger partial charge in [-0.3, -0.25) is 9.59 Å². The molecule has 12 heavy (non-hydrogen) atoms. The maximum atomic E-state index is 11.3. The smallest absolute Gasteiger partial charge is 0.161 e. The molecule has 0 aromatic heterocycles. The molecule has 0 aromatic carbocycles. The monoisotopic (exact) mass is 188 g/mol. The Hall–Kier alpha value is -0.370. The van der Waals surface area contributed by atoms with Crippen molar-refractivity contribution in [1.29, 1.82) is 0 Å². The molecule has 0 heterocycles. The van der Waals surface area contributed by atoms with E-state index in [1.165, 1.54) is 0 Å². The molecule has 1 rings (SSSR count). The maximum absolute atomic E-state index is 11.3. The van der Waals surface area contributed by atoms with E-state index in [0.29, 0.717) is 0 Å². The minimum absolute atomic E-state index is 0.00748. The van der Waals surface area contributed by atoms with E-state index in [2.05, 4.69) is 0 Å². The van der Waals surface area contributed by atoms with Crippen LogP contribution in [0.15, 0.2) is 0 Å². The van der Waals surface area contributed by atoms with Crippen molar-refractivity contribution in [2.24, 2.45) is 5.92 Å². The summed E-state index contributed by atoms with van der Waals surface area (Å²) in [4.78, 5) is 21.8. The summed E-state index contributed by atoms with van der Waals surface area (Å²) in [7, 11) is 0. The third kappa shape index (κ3) is 2.07. The summed E-state index contributed by atoms with van der Waals surface area (Å²) in [5, 5.41) is 0. The Morgan fingerprint density at radius 3 is 2.25 bits per heavy atom. The van der Waals surface area contributed by atoms with Crippen LogP contribution in [0.5, 0.6) is 0 Å². The molecule has 1 fully saturated rings. The van der Waals surface area contributed by atoms with Crippen LogP contribution in [0.3, 0.4) is 0 Å². The van der Waals surface area contributed by atoms with Crippen LogP contribution in [-0.4, -0.2) is 16.4 Å². The zero-order valence-electron chi connectivity index (χ0n) is 7.39. The molecule has 1 aliphatic rings. The second kappa shape index (κ2) is 3.17. The predicted octanol–water partition coefficient (Wildman–Crippen LogP) is 1.94. The molecule has 1 saturated carbocycles. The number of rotatable bonds is 4. The van der Waals surface area contributed by atoms with Gasteiger partial charge in [0.2, 0.25) is 0 Å². The van der Waals surface area contributed by atoms with E-state index < -0.39 is 4.87 Å². The molecule has 1 aliphatic carbocycles. The van der Waals surface area contributed by atoms with E-state index in [0.717, 1.165) is 12.8 Å². The first-order valence-corrected chi connectivity index (χ1v) is 4.58. The van der Waals surface area contributed by atoms with Crippen LogP contribution < -0.4 is 0 Å². The molecule has 0 unspecified atom stereocenters. The summed E-state index contributed by atoms with van der Waals surface area (Å²) in [6.07, 6.45) is 1.48. The maximum Gasteiger partial charge on any atom is 0.161 e. The molecule has 0 spiro atoms. The summed E-state index contributed by atoms with van der Waals surface area (Å²) in [6.45, 7) is 3.59. The normalized spacial score (nSPS) is 19.3. The lowest BCUT2D eigenvalue weighted by Gasteiger charge is -2.05. The van der Waals surface area contributed by atoms with Gasteiger partial charge in [-0.1, -0.05) is 13.8 Å². The Bertz CT molecular complexity index is 217. The van der Waals surface area contributed by atoms with Gasteiger partial charge in [0.25, 0.3) is 0 Å². The molecule has 3 heteroatoms. The van der Waals surface area contributed by atoms with Crippen LogP contribution in [-0.2, 0) is 9.59 Å². The Balaban J connectivity index is 2.41. The Kier molecular flexibility index (Phi) is 2.57. The van der Waals surface area contributed by atoms with E-state index in [-0.39, 0.29) is 23.9 Å². The van der Waals surface area contributed by atoms with Gasteiger partial charge in [0.15, 0.2) is 5.78 Å². The molecule has 0 bridgehead atoms. The van der Waals surface area contributed by atoms with Crippen molar-refractivity contribution in [3.63, 3.8) is 0 Å². The highest BCUT2D eigenvalue weighted by Crippen LogP contribution is 2.44. The van der Waals surface area contributed by atoms with E-state index in [1.807, 2.05) is 0 Å². The van der Waals surface area contributed by atoms with Crippen molar-refractivity contribution in [3.05, 3.63) is 0 Å². The second-order valence-electron chi connectivity index (χ2n) is 3.69. The fourth-order valence-corrected chi connectivity index (χ4v) is 1.07. The number of hydrogen-bond donors (Lipinski definition) is 0. The summed E-state index contributed by atoms with van der Waals surface area (Å²) in [5.74, 6) is -0.164. The van der Waals surface area contributed by atoms with Gasteiger partial charge < -0.3 is 0 Å². The number of ketones is 2. The van der Waals surface area contributed by atoms with Crippen molar-refractivity contribution < 1.29 is 9.59 Å². The van der Waals surface area contributed by atoms with E-state index in [1.54, 1.807) is 13.8 Å². The minimum Gasteiger partial charge on any atom is -0.299 e. The summed E-state index contributed by atoms with van der Waals surface area (Å²) in [6, 6.07) is 0. The third-order valence-corrected chi connectivity index (χ3v) is 2.76. The van der Waals surface area contributed by atoms with Crippen LogP contribution in [0.25, 0.3) is 0 Å². The van der Waals surface area contributed by atoms with Crippen molar-refractivity contribution in [1.82, 2.24) is 0 Å². The molecule has 0 N–H and O–H groups in total. The fourth-order valence-electron chi connectivity index (χ4n) is 0.909. The number of alkyl halides is 1. The number of carbonyl (C=O) groups excluding carboxylic acids is 2. The van der Waals surface area contributed by atoms with Crippen molar-refractivity contribution in [3.8, 4) is 0 Å². The lowest BCUT2D eigenvalue weighted by molar-refractivity contribution is -0.128. The SMILES string of the molecule is CC(C)C(=O)CC(=O)C1(Cl)CC1. The topological polar surface area (TPSA) is 34.1 Å². The molecule has 0 aliphatic heterocycles. The van der Waals surface area contributed by atoms with Gasteiger partial charge in [0.1, 0.15) is 10.7 Å². The summed E-state index contributed by atoms with van der Waals surface area (Å²) in [5.41, 5.74) is 0. The molecule has 0 atom stereocenters. The van der Waals surface area contributed by atoms with Crippen LogP contribution in [0, 0.1) is 5.92 Å². The first-order valence-electron chi connectivity index (χ1n) is 4.20. The molecular formula is C9H13ClO2. The number of halogens is 1. The van der Waals surface area contributed by atoms with E-state index >= 15 is 0 Å². The Morgan fingerprint density at radius 2 is 1.92 bits per heavy atom. The standard InChI is InChI=1S/C9H13ClO2/c1-6(2)7(11)5-8(12)9(10)3-4-9/h6H,3-5H2,1-2H3. The summed E-state index contributed by atoms with van der Waals surface area (Å²) < 4.78 is 0. The fraction of sp³-hybridized carbons (Fsp3) is 0.778. The highest BCUT2D eigenvalue weighted by Gasteiger charge is 2.47. The first kappa shape index (κ1) is 9.72. The second-order valence-corrected chi connectivity index (χ2v) is 4.41. The number of Topliss-reactive ketones (excluding diaryl/α,β-unsaturated/α-hetero) is 2. The molecule has 0 radical (unpaired) electrons. The molecule has 2 nitrogen and oxygen atoms in total. The Labute approximate surface area is 77.3 Å². The van der Waals surface area contributed by atoms with Gasteiger partial charge in [0.05, 0.1) is 6.42 Å². The molecule has 0 saturated heterocycles. The molecule has 68 valence electrons. The van der Waals surface area contributed by atoms with Crippen molar-refractivity contribution in [2.75, 3.05) is 0 Å². The average Bonchev–Trinajstić information content (AvgIpc) is 2.69. The predicted molar refractivity (Wildman–Crippen MR) is 47.3 cm³/mol. The van der Waals surface area contributed by atoms with Crippen LogP contribution in [0.4, 0.5) is 0 Å². The number of carbonyl (C=O) groups is 2. The largest absolute Gasteiger partial charge is 0.299 e. The van der Waals surface area contributed by atoms with Gasteiger partial charge in [-0.25, -0.2) is 0 Å². The van der Waals surface area contributed by atoms with Gasteiger partial charge >= 0.3 is 0 Å². The van der Waals surface area contributed by atoms with E-state index in [4.69, 9.17) is 11.6 Å². The number of hydrogen-bond acceptors (Lipinski definition) is 2. The zero-order valence-corrected chi connectivity index (χ0v) is 8.15. The average molecular weight is 189 g/mol. The lowest BCUT2D eigenvalue weighted by Crippen LogP contribution is -2.21. The van der Waals surface area contributed by atoms with Gasteiger partial charge in [-0.05, 0) is 12.8 Å². The third-order valence-electron chi connectivity index (χ3n) is 2.17. The highest BCUT2D eigenvalue weighted by molar-refractivity contribution is 6.38. The zero-order chi connectivity index (χ0) is 9.35. The molecule has 0 amide bonds. The quantitative estimate of drug-likeness (QED) is 0.499. The van der Waals surface area contributed by atoms with Crippen molar-refractivity contribution in [2.45, 2.75) is 38.0 Å². The lowest BCUT2D eigenvalue weighted by atomic mass is 10.0. The first-order chi connectivity index (χ1) is 5.46. The van der Waals surface area contributed by atoms with Crippen LogP contribution >= 0.6 is 11.6 Å².